The molecular formula is C16H9NO3S. The van der Waals surface area contributed by atoms with Crippen molar-refractivity contribution in [3.63, 3.8) is 0 Å². The van der Waals surface area contributed by atoms with Gasteiger partial charge in [0, 0.05) is 11.1 Å². The molecule has 0 saturated heterocycles. The summed E-state index contributed by atoms with van der Waals surface area (Å²) >= 11 is 1.27. The van der Waals surface area contributed by atoms with Crippen LogP contribution in [-0.4, -0.2) is 16.7 Å². The van der Waals surface area contributed by atoms with Gasteiger partial charge in [0.15, 0.2) is 0 Å². The molecule has 4 nitrogen and oxygen atoms in total. The first-order valence-corrected chi connectivity index (χ1v) is 7.28. The predicted molar refractivity (Wildman–Crippen MR) is 77.9 cm³/mol. The third kappa shape index (κ3) is 1.64. The number of benzene rings is 1. The Morgan fingerprint density at radius 3 is 2.57 bits per heavy atom. The van der Waals surface area contributed by atoms with Crippen molar-refractivity contribution in [2.45, 2.75) is 6.92 Å². The summed E-state index contributed by atoms with van der Waals surface area (Å²) in [6.07, 6.45) is 0. The molecule has 0 radical (unpaired) electrons. The van der Waals surface area contributed by atoms with Gasteiger partial charge in [-0.2, -0.15) is 0 Å². The molecule has 1 aromatic carbocycles. The zero-order valence-corrected chi connectivity index (χ0v) is 11.9. The lowest BCUT2D eigenvalue weighted by atomic mass is 9.91. The number of carbonyl (C=O) groups excluding carboxylic acids is 2. The summed E-state index contributed by atoms with van der Waals surface area (Å²) in [6, 6.07) is 9.26. The molecule has 2 heterocycles. The van der Waals surface area contributed by atoms with Crippen LogP contribution in [-0.2, 0) is 0 Å². The van der Waals surface area contributed by atoms with Crippen LogP contribution >= 0.6 is 11.3 Å². The lowest BCUT2D eigenvalue weighted by Gasteiger charge is -2.08. The molecule has 0 unspecified atom stereocenters. The van der Waals surface area contributed by atoms with Crippen LogP contribution in [0, 0.1) is 6.92 Å². The summed E-state index contributed by atoms with van der Waals surface area (Å²) in [5.41, 5.74) is 3.00. The van der Waals surface area contributed by atoms with E-state index in [0.29, 0.717) is 16.1 Å². The second-order valence-corrected chi connectivity index (χ2v) is 5.84. The van der Waals surface area contributed by atoms with Crippen molar-refractivity contribution in [1.29, 1.82) is 0 Å². The van der Waals surface area contributed by atoms with Crippen LogP contribution in [0.4, 0.5) is 0 Å². The van der Waals surface area contributed by atoms with Gasteiger partial charge in [0.25, 0.3) is 0 Å². The maximum absolute atomic E-state index is 12.6. The van der Waals surface area contributed by atoms with Crippen molar-refractivity contribution in [2.24, 2.45) is 0 Å². The van der Waals surface area contributed by atoms with Gasteiger partial charge in [0.05, 0.1) is 4.88 Å². The molecule has 3 aromatic rings. The average Bonchev–Trinajstić information content (AvgIpc) is 3.13. The minimum atomic E-state index is -0.272. The summed E-state index contributed by atoms with van der Waals surface area (Å²) in [5, 5.41) is 5.69. The molecule has 0 spiro atoms. The van der Waals surface area contributed by atoms with E-state index in [4.69, 9.17) is 4.52 Å². The number of hydrogen-bond donors (Lipinski definition) is 0. The molecule has 0 fully saturated rings. The van der Waals surface area contributed by atoms with Crippen LogP contribution in [0.2, 0.25) is 0 Å². The summed E-state index contributed by atoms with van der Waals surface area (Å²) in [7, 11) is 0. The SMILES string of the molecule is Cc1ccc(-c2noc3c2C(=O)c2sccc2C3=O)cc1. The topological polar surface area (TPSA) is 60.2 Å². The number of carbonyl (C=O) groups is 2. The lowest BCUT2D eigenvalue weighted by Crippen LogP contribution is -2.17. The zero-order chi connectivity index (χ0) is 14.6. The highest BCUT2D eigenvalue weighted by molar-refractivity contribution is 7.12. The van der Waals surface area contributed by atoms with E-state index in [2.05, 4.69) is 5.16 Å². The van der Waals surface area contributed by atoms with Crippen molar-refractivity contribution in [3.8, 4) is 11.3 Å². The van der Waals surface area contributed by atoms with E-state index < -0.39 is 0 Å². The van der Waals surface area contributed by atoms with Gasteiger partial charge in [-0.05, 0) is 18.4 Å². The first kappa shape index (κ1) is 12.2. The standard InChI is InChI=1S/C16H9NO3S/c1-8-2-4-9(5-3-8)12-11-14(19)16-10(6-7-21-16)13(18)15(11)20-17-12/h2-7H,1H3. The van der Waals surface area contributed by atoms with E-state index in [-0.39, 0.29) is 22.9 Å². The van der Waals surface area contributed by atoms with Crippen molar-refractivity contribution < 1.29 is 14.1 Å². The number of fused-ring (bicyclic) bond motifs is 2. The Bertz CT molecular complexity index is 887. The molecule has 5 heteroatoms. The van der Waals surface area contributed by atoms with E-state index >= 15 is 0 Å². The molecule has 0 amide bonds. The van der Waals surface area contributed by atoms with Crippen molar-refractivity contribution >= 4 is 22.9 Å². The quantitative estimate of drug-likeness (QED) is 0.539. The third-order valence-corrected chi connectivity index (χ3v) is 4.48. The molecule has 0 atom stereocenters. The van der Waals surface area contributed by atoms with Gasteiger partial charge in [-0.15, -0.1) is 11.3 Å². The number of hydrogen-bond acceptors (Lipinski definition) is 5. The van der Waals surface area contributed by atoms with Gasteiger partial charge in [0.2, 0.25) is 17.3 Å². The molecule has 0 N–H and O–H groups in total. The smallest absolute Gasteiger partial charge is 0.233 e. The molecule has 1 aliphatic carbocycles. The molecule has 0 saturated carbocycles. The molecule has 0 aliphatic heterocycles. The number of thiophene rings is 1. The Labute approximate surface area is 124 Å². The Balaban J connectivity index is 1.94. The summed E-state index contributed by atoms with van der Waals surface area (Å²) in [4.78, 5) is 25.4. The maximum Gasteiger partial charge on any atom is 0.233 e. The monoisotopic (exact) mass is 295 g/mol. The fourth-order valence-corrected chi connectivity index (χ4v) is 3.30. The van der Waals surface area contributed by atoms with E-state index in [0.717, 1.165) is 11.1 Å². The van der Waals surface area contributed by atoms with Crippen molar-refractivity contribution in [3.05, 3.63) is 63.0 Å². The van der Waals surface area contributed by atoms with E-state index in [1.165, 1.54) is 11.3 Å². The lowest BCUT2D eigenvalue weighted by molar-refractivity contribution is 0.0958. The number of rotatable bonds is 1. The van der Waals surface area contributed by atoms with Crippen LogP contribution in [0.1, 0.15) is 36.9 Å². The van der Waals surface area contributed by atoms with E-state index in [9.17, 15) is 9.59 Å². The van der Waals surface area contributed by atoms with Crippen LogP contribution in [0.3, 0.4) is 0 Å². The van der Waals surface area contributed by atoms with Gasteiger partial charge < -0.3 is 4.52 Å². The number of aromatic nitrogens is 1. The first-order valence-electron chi connectivity index (χ1n) is 6.40. The molecule has 2 aromatic heterocycles. The Hall–Kier alpha value is -2.53. The minimum absolute atomic E-state index is 0.0430. The minimum Gasteiger partial charge on any atom is -0.351 e. The van der Waals surface area contributed by atoms with E-state index in [1.807, 2.05) is 31.2 Å². The molecular weight excluding hydrogens is 286 g/mol. The number of aryl methyl sites for hydroxylation is 1. The average molecular weight is 295 g/mol. The van der Waals surface area contributed by atoms with Gasteiger partial charge in [-0.25, -0.2) is 0 Å². The van der Waals surface area contributed by atoms with Gasteiger partial charge in [0.1, 0.15) is 11.3 Å². The van der Waals surface area contributed by atoms with Crippen molar-refractivity contribution in [2.75, 3.05) is 0 Å². The third-order valence-electron chi connectivity index (χ3n) is 3.57. The van der Waals surface area contributed by atoms with Crippen LogP contribution in [0.15, 0.2) is 40.2 Å². The Morgan fingerprint density at radius 2 is 1.81 bits per heavy atom. The van der Waals surface area contributed by atoms with Gasteiger partial charge >= 0.3 is 0 Å². The highest BCUT2D eigenvalue weighted by Gasteiger charge is 2.37. The number of nitrogens with zero attached hydrogens (tertiary/aromatic N) is 1. The first-order chi connectivity index (χ1) is 10.2. The molecule has 1 aliphatic rings. The summed E-state index contributed by atoms with van der Waals surface area (Å²) in [5.74, 6) is -0.417. The summed E-state index contributed by atoms with van der Waals surface area (Å²) in [6.45, 7) is 1.98. The fraction of sp³-hybridized carbons (Fsp3) is 0.0625. The highest BCUT2D eigenvalue weighted by atomic mass is 32.1. The second-order valence-electron chi connectivity index (χ2n) is 4.92. The highest BCUT2D eigenvalue weighted by Crippen LogP contribution is 2.36. The molecule has 21 heavy (non-hydrogen) atoms. The largest absolute Gasteiger partial charge is 0.351 e. The van der Waals surface area contributed by atoms with E-state index in [1.54, 1.807) is 11.4 Å². The summed E-state index contributed by atoms with van der Waals surface area (Å²) < 4.78 is 5.16. The molecule has 0 bridgehead atoms. The van der Waals surface area contributed by atoms with Gasteiger partial charge in [-0.3, -0.25) is 9.59 Å². The molecule has 4 rings (SSSR count). The van der Waals surface area contributed by atoms with Crippen LogP contribution < -0.4 is 0 Å². The predicted octanol–water partition coefficient (Wildman–Crippen LogP) is 3.49. The second kappa shape index (κ2) is 4.23. The Morgan fingerprint density at radius 1 is 1.05 bits per heavy atom. The van der Waals surface area contributed by atoms with Crippen molar-refractivity contribution in [1.82, 2.24) is 5.16 Å². The number of ketones is 2. The normalized spacial score (nSPS) is 13.2. The fourth-order valence-electron chi connectivity index (χ4n) is 2.46. The maximum atomic E-state index is 12.6. The van der Waals surface area contributed by atoms with Crippen LogP contribution in [0.25, 0.3) is 11.3 Å². The molecule has 102 valence electrons. The van der Waals surface area contributed by atoms with Gasteiger partial charge in [-0.1, -0.05) is 35.0 Å². The Kier molecular flexibility index (Phi) is 2.46. The van der Waals surface area contributed by atoms with Crippen LogP contribution in [0.5, 0.6) is 0 Å². The zero-order valence-electron chi connectivity index (χ0n) is 11.0.